The summed E-state index contributed by atoms with van der Waals surface area (Å²) in [5, 5.41) is 10.6. The van der Waals surface area contributed by atoms with Crippen molar-refractivity contribution in [2.75, 3.05) is 13.1 Å². The normalized spacial score (nSPS) is 18.5. The molecule has 2 heterocycles. The molecule has 1 aliphatic carbocycles. The van der Waals surface area contributed by atoms with Gasteiger partial charge in [0.1, 0.15) is 5.82 Å². The Morgan fingerprint density at radius 1 is 1.15 bits per heavy atom. The Labute approximate surface area is 207 Å². The molecule has 8 heteroatoms. The highest BCUT2D eigenvalue weighted by molar-refractivity contribution is 6.38. The Balaban J connectivity index is 1.47. The molecule has 0 bridgehead atoms. The van der Waals surface area contributed by atoms with Gasteiger partial charge < -0.3 is 14.6 Å². The van der Waals surface area contributed by atoms with E-state index in [1.165, 1.54) is 0 Å². The van der Waals surface area contributed by atoms with E-state index in [4.69, 9.17) is 23.2 Å². The number of nitrogens with zero attached hydrogens (tertiary/aromatic N) is 2. The minimum Gasteiger partial charge on any atom is -0.481 e. The molecule has 2 fully saturated rings. The maximum absolute atomic E-state index is 14.8. The van der Waals surface area contributed by atoms with Gasteiger partial charge in [0, 0.05) is 42.7 Å². The van der Waals surface area contributed by atoms with Gasteiger partial charge in [0.05, 0.1) is 22.0 Å². The summed E-state index contributed by atoms with van der Waals surface area (Å²) in [6.45, 7) is 0.650. The lowest BCUT2D eigenvalue weighted by Gasteiger charge is -2.31. The number of carboxylic acids is 1. The highest BCUT2D eigenvalue weighted by atomic mass is 35.5. The van der Waals surface area contributed by atoms with E-state index in [9.17, 15) is 19.1 Å². The first-order valence-corrected chi connectivity index (χ1v) is 12.3. The SMILES string of the molecule is Cn1c(Cc2c(Cl)ccc(C(=O)N3CCCC(C(=O)O)C3)c2Cl)cc2c(F)cc(C3CC3)cc21. The van der Waals surface area contributed by atoms with Gasteiger partial charge in [-0.3, -0.25) is 9.59 Å². The lowest BCUT2D eigenvalue weighted by molar-refractivity contribution is -0.143. The van der Waals surface area contributed by atoms with E-state index in [0.717, 1.165) is 29.6 Å². The van der Waals surface area contributed by atoms with Crippen LogP contribution in [0.3, 0.4) is 0 Å². The van der Waals surface area contributed by atoms with E-state index in [1.54, 1.807) is 23.1 Å². The molecule has 1 atom stereocenters. The first-order chi connectivity index (χ1) is 16.2. The Kier molecular flexibility index (Phi) is 6.07. The number of amides is 1. The van der Waals surface area contributed by atoms with Crippen molar-refractivity contribution in [3.8, 4) is 0 Å². The number of likely N-dealkylation sites (tertiary alicyclic amines) is 1. The van der Waals surface area contributed by atoms with Crippen LogP contribution in [0.25, 0.3) is 10.9 Å². The van der Waals surface area contributed by atoms with Crippen molar-refractivity contribution < 1.29 is 19.1 Å². The molecule has 1 N–H and O–H groups in total. The molecule has 178 valence electrons. The number of benzene rings is 2. The van der Waals surface area contributed by atoms with Crippen LogP contribution in [0.2, 0.25) is 10.0 Å². The highest BCUT2D eigenvalue weighted by Crippen LogP contribution is 2.42. The minimum absolute atomic E-state index is 0.161. The van der Waals surface area contributed by atoms with Gasteiger partial charge in [0.25, 0.3) is 5.91 Å². The van der Waals surface area contributed by atoms with E-state index in [2.05, 4.69) is 6.07 Å². The third kappa shape index (κ3) is 4.18. The van der Waals surface area contributed by atoms with Crippen LogP contribution < -0.4 is 0 Å². The Hall–Kier alpha value is -2.57. The molecule has 1 amide bonds. The minimum atomic E-state index is -0.895. The highest BCUT2D eigenvalue weighted by Gasteiger charge is 2.30. The molecule has 2 aromatic carbocycles. The monoisotopic (exact) mass is 502 g/mol. The molecule has 0 spiro atoms. The molecule has 1 saturated carbocycles. The molecule has 34 heavy (non-hydrogen) atoms. The molecular formula is C26H25Cl2FN2O3. The molecular weight excluding hydrogens is 478 g/mol. The van der Waals surface area contributed by atoms with Crippen LogP contribution in [0.4, 0.5) is 4.39 Å². The van der Waals surface area contributed by atoms with E-state index >= 15 is 0 Å². The fraction of sp³-hybridized carbons (Fsp3) is 0.385. The Bertz CT molecular complexity index is 1320. The van der Waals surface area contributed by atoms with Gasteiger partial charge in [0.15, 0.2) is 0 Å². The van der Waals surface area contributed by atoms with Crippen molar-refractivity contribution in [1.29, 1.82) is 0 Å². The predicted molar refractivity (Wildman–Crippen MR) is 130 cm³/mol. The first kappa shape index (κ1) is 23.2. The van der Waals surface area contributed by atoms with Crippen LogP contribution in [0.1, 0.15) is 58.8 Å². The van der Waals surface area contributed by atoms with E-state index in [-0.39, 0.29) is 23.3 Å². The fourth-order valence-electron chi connectivity index (χ4n) is 4.92. The zero-order chi connectivity index (χ0) is 24.1. The average molecular weight is 503 g/mol. The zero-order valence-electron chi connectivity index (χ0n) is 18.8. The summed E-state index contributed by atoms with van der Waals surface area (Å²) >= 11 is 13.2. The Morgan fingerprint density at radius 3 is 2.62 bits per heavy atom. The predicted octanol–water partition coefficient (Wildman–Crippen LogP) is 6.03. The summed E-state index contributed by atoms with van der Waals surface area (Å²) in [7, 11) is 1.89. The average Bonchev–Trinajstić information content (AvgIpc) is 3.62. The standard InChI is InChI=1S/C26H25Cl2FN2O3/c1-30-17(12-20-22(29)9-16(10-23(20)30)14-4-5-14)11-19-21(27)7-6-18(24(19)28)25(32)31-8-2-3-15(13-31)26(33)34/h6-7,9-10,12,14-15H,2-5,8,11,13H2,1H3,(H,33,34). The molecule has 3 aromatic rings. The van der Waals surface area contributed by atoms with Gasteiger partial charge >= 0.3 is 5.97 Å². The number of aryl methyl sites for hydroxylation is 1. The van der Waals surface area contributed by atoms with Gasteiger partial charge in [-0.05, 0) is 73.1 Å². The maximum Gasteiger partial charge on any atom is 0.308 e. The topological polar surface area (TPSA) is 62.5 Å². The van der Waals surface area contributed by atoms with Crippen LogP contribution in [-0.2, 0) is 18.3 Å². The van der Waals surface area contributed by atoms with Gasteiger partial charge in [-0.2, -0.15) is 0 Å². The second-order valence-electron chi connectivity index (χ2n) is 9.40. The van der Waals surface area contributed by atoms with E-state index < -0.39 is 11.9 Å². The molecule has 5 nitrogen and oxygen atoms in total. The van der Waals surface area contributed by atoms with E-state index in [0.29, 0.717) is 53.3 Å². The molecule has 2 aliphatic rings. The lowest BCUT2D eigenvalue weighted by atomic mass is 9.97. The van der Waals surface area contributed by atoms with Crippen molar-refractivity contribution in [2.24, 2.45) is 13.0 Å². The van der Waals surface area contributed by atoms with Crippen molar-refractivity contribution in [1.82, 2.24) is 9.47 Å². The number of carbonyl (C=O) groups is 2. The molecule has 1 aliphatic heterocycles. The van der Waals surface area contributed by atoms with Crippen molar-refractivity contribution in [2.45, 2.75) is 38.0 Å². The molecule has 0 radical (unpaired) electrons. The quantitative estimate of drug-likeness (QED) is 0.463. The molecule has 1 saturated heterocycles. The number of piperidine rings is 1. The molecule has 5 rings (SSSR count). The fourth-order valence-corrected chi connectivity index (χ4v) is 5.51. The first-order valence-electron chi connectivity index (χ1n) is 11.5. The summed E-state index contributed by atoms with van der Waals surface area (Å²) in [4.78, 5) is 26.2. The number of aromatic nitrogens is 1. The summed E-state index contributed by atoms with van der Waals surface area (Å²) in [5.74, 6) is -1.56. The number of fused-ring (bicyclic) bond motifs is 1. The van der Waals surface area contributed by atoms with Gasteiger partial charge in [0.2, 0.25) is 0 Å². The van der Waals surface area contributed by atoms with Crippen molar-refractivity contribution >= 4 is 46.0 Å². The number of hydrogen-bond donors (Lipinski definition) is 1. The van der Waals surface area contributed by atoms with Crippen LogP contribution in [0.5, 0.6) is 0 Å². The van der Waals surface area contributed by atoms with Crippen LogP contribution in [-0.4, -0.2) is 39.5 Å². The third-order valence-electron chi connectivity index (χ3n) is 7.11. The molecule has 1 aromatic heterocycles. The number of halogens is 3. The Morgan fingerprint density at radius 2 is 1.91 bits per heavy atom. The zero-order valence-corrected chi connectivity index (χ0v) is 20.3. The third-order valence-corrected chi connectivity index (χ3v) is 7.90. The second-order valence-corrected chi connectivity index (χ2v) is 10.2. The second kappa shape index (κ2) is 8.90. The smallest absolute Gasteiger partial charge is 0.308 e. The van der Waals surface area contributed by atoms with Gasteiger partial charge in [-0.1, -0.05) is 23.2 Å². The van der Waals surface area contributed by atoms with Gasteiger partial charge in [-0.25, -0.2) is 4.39 Å². The summed E-state index contributed by atoms with van der Waals surface area (Å²) in [6.07, 6.45) is 3.71. The maximum atomic E-state index is 14.8. The summed E-state index contributed by atoms with van der Waals surface area (Å²) in [5.41, 5.74) is 3.58. The number of hydrogen-bond acceptors (Lipinski definition) is 2. The summed E-state index contributed by atoms with van der Waals surface area (Å²) in [6, 6.07) is 8.72. The number of aliphatic carboxylic acids is 1. The number of carboxylic acid groups (broad SMARTS) is 1. The van der Waals surface area contributed by atoms with Gasteiger partial charge in [-0.15, -0.1) is 0 Å². The molecule has 1 unspecified atom stereocenters. The largest absolute Gasteiger partial charge is 0.481 e. The van der Waals surface area contributed by atoms with Crippen molar-refractivity contribution in [3.63, 3.8) is 0 Å². The number of rotatable bonds is 5. The summed E-state index contributed by atoms with van der Waals surface area (Å²) < 4.78 is 16.8. The van der Waals surface area contributed by atoms with E-state index in [1.807, 2.05) is 17.7 Å². The van der Waals surface area contributed by atoms with Crippen LogP contribution in [0, 0.1) is 11.7 Å². The van der Waals surface area contributed by atoms with Crippen molar-refractivity contribution in [3.05, 3.63) is 68.6 Å². The van der Waals surface area contributed by atoms with Crippen LogP contribution >= 0.6 is 23.2 Å². The van der Waals surface area contributed by atoms with Crippen LogP contribution in [0.15, 0.2) is 30.3 Å². The lowest BCUT2D eigenvalue weighted by Crippen LogP contribution is -2.42. The number of carbonyl (C=O) groups excluding carboxylic acids is 1.